The summed E-state index contributed by atoms with van der Waals surface area (Å²) in [6, 6.07) is 16.8. The van der Waals surface area contributed by atoms with Gasteiger partial charge in [-0.3, -0.25) is 9.59 Å². The van der Waals surface area contributed by atoms with Crippen molar-refractivity contribution in [2.45, 2.75) is 31.9 Å². The molecule has 0 heterocycles. The molecule has 1 fully saturated rings. The second kappa shape index (κ2) is 7.83. The summed E-state index contributed by atoms with van der Waals surface area (Å²) < 4.78 is 5.70. The molecular weight excluding hydrogens is 318 g/mol. The summed E-state index contributed by atoms with van der Waals surface area (Å²) >= 11 is 0. The maximum atomic E-state index is 12.3. The second-order valence-electron chi connectivity index (χ2n) is 6.32. The van der Waals surface area contributed by atoms with Crippen LogP contribution in [0.1, 0.15) is 35.2 Å². The molecule has 0 unspecified atom stereocenters. The molecule has 2 atom stereocenters. The lowest BCUT2D eigenvalue weighted by molar-refractivity contribution is -0.141. The van der Waals surface area contributed by atoms with Crippen molar-refractivity contribution < 1.29 is 19.4 Å². The van der Waals surface area contributed by atoms with Gasteiger partial charge in [-0.1, -0.05) is 30.3 Å². The van der Waals surface area contributed by atoms with Gasteiger partial charge in [0.15, 0.2) is 0 Å². The van der Waals surface area contributed by atoms with Crippen LogP contribution >= 0.6 is 0 Å². The van der Waals surface area contributed by atoms with Crippen molar-refractivity contribution in [3.8, 4) is 5.75 Å². The van der Waals surface area contributed by atoms with Gasteiger partial charge in [0.2, 0.25) is 0 Å². The van der Waals surface area contributed by atoms with Gasteiger partial charge in [-0.25, -0.2) is 0 Å². The first-order valence-corrected chi connectivity index (χ1v) is 8.42. The summed E-state index contributed by atoms with van der Waals surface area (Å²) in [6.45, 7) is 0.477. The highest BCUT2D eigenvalue weighted by Crippen LogP contribution is 2.26. The van der Waals surface area contributed by atoms with E-state index >= 15 is 0 Å². The maximum Gasteiger partial charge on any atom is 0.306 e. The highest BCUT2D eigenvalue weighted by Gasteiger charge is 2.30. The van der Waals surface area contributed by atoms with Gasteiger partial charge in [0.25, 0.3) is 5.91 Å². The molecule has 1 aliphatic carbocycles. The lowest BCUT2D eigenvalue weighted by atomic mass is 10.1. The van der Waals surface area contributed by atoms with Crippen molar-refractivity contribution in [2.75, 3.05) is 0 Å². The first-order valence-electron chi connectivity index (χ1n) is 8.42. The Morgan fingerprint density at radius 3 is 2.40 bits per heavy atom. The molecule has 2 aromatic carbocycles. The van der Waals surface area contributed by atoms with Crippen LogP contribution in [0.4, 0.5) is 0 Å². The van der Waals surface area contributed by atoms with Crippen molar-refractivity contribution in [2.24, 2.45) is 5.92 Å². The zero-order valence-corrected chi connectivity index (χ0v) is 13.9. The lowest BCUT2D eigenvalue weighted by Gasteiger charge is -2.13. The zero-order valence-electron chi connectivity index (χ0n) is 13.9. The van der Waals surface area contributed by atoms with Gasteiger partial charge in [-0.15, -0.1) is 0 Å². The Morgan fingerprint density at radius 2 is 1.76 bits per heavy atom. The standard InChI is InChI=1S/C20H21NO4/c22-19(21-17-9-6-16(12-17)20(23)24)15-7-10-18(11-8-15)25-13-14-4-2-1-3-5-14/h1-5,7-8,10-11,16-17H,6,9,12-13H2,(H,21,22)(H,23,24)/t16-,17-/m1/s1. The van der Waals surface area contributed by atoms with Gasteiger partial charge in [-0.05, 0) is 49.1 Å². The number of rotatable bonds is 6. The van der Waals surface area contributed by atoms with Crippen LogP contribution in [-0.4, -0.2) is 23.0 Å². The number of aliphatic carboxylic acids is 1. The molecule has 1 saturated carbocycles. The smallest absolute Gasteiger partial charge is 0.306 e. The van der Waals surface area contributed by atoms with E-state index in [4.69, 9.17) is 9.84 Å². The second-order valence-corrected chi connectivity index (χ2v) is 6.32. The van der Waals surface area contributed by atoms with Crippen LogP contribution in [0.3, 0.4) is 0 Å². The number of benzene rings is 2. The fourth-order valence-corrected chi connectivity index (χ4v) is 3.05. The van der Waals surface area contributed by atoms with Crippen molar-refractivity contribution in [1.82, 2.24) is 5.32 Å². The summed E-state index contributed by atoms with van der Waals surface area (Å²) in [5.74, 6) is -0.603. The Balaban J connectivity index is 1.51. The van der Waals surface area contributed by atoms with E-state index in [1.807, 2.05) is 30.3 Å². The Morgan fingerprint density at radius 1 is 1.04 bits per heavy atom. The van der Waals surface area contributed by atoms with E-state index in [9.17, 15) is 9.59 Å². The molecule has 0 aliphatic heterocycles. The highest BCUT2D eigenvalue weighted by molar-refractivity contribution is 5.94. The van der Waals surface area contributed by atoms with Crippen molar-refractivity contribution >= 4 is 11.9 Å². The molecule has 2 aromatic rings. The minimum absolute atomic E-state index is 0.0670. The summed E-state index contributed by atoms with van der Waals surface area (Å²) in [7, 11) is 0. The number of carboxylic acids is 1. The number of nitrogens with one attached hydrogen (secondary N) is 1. The topological polar surface area (TPSA) is 75.6 Å². The molecule has 1 amide bonds. The van der Waals surface area contributed by atoms with E-state index < -0.39 is 5.97 Å². The summed E-state index contributed by atoms with van der Waals surface area (Å²) in [6.07, 6.45) is 1.83. The molecule has 0 aromatic heterocycles. The third-order valence-electron chi connectivity index (χ3n) is 4.48. The Kier molecular flexibility index (Phi) is 5.33. The molecule has 130 valence electrons. The Hall–Kier alpha value is -2.82. The van der Waals surface area contributed by atoms with Gasteiger partial charge < -0.3 is 15.2 Å². The lowest BCUT2D eigenvalue weighted by Crippen LogP contribution is -2.33. The number of hydrogen-bond donors (Lipinski definition) is 2. The largest absolute Gasteiger partial charge is 0.489 e. The fourth-order valence-electron chi connectivity index (χ4n) is 3.05. The van der Waals surface area contributed by atoms with Crippen molar-refractivity contribution in [1.29, 1.82) is 0 Å². The minimum Gasteiger partial charge on any atom is -0.489 e. The maximum absolute atomic E-state index is 12.3. The normalized spacial score (nSPS) is 19.4. The number of carbonyl (C=O) groups excluding carboxylic acids is 1. The Bertz CT molecular complexity index is 727. The molecule has 3 rings (SSSR count). The zero-order chi connectivity index (χ0) is 17.6. The summed E-state index contributed by atoms with van der Waals surface area (Å²) in [5.41, 5.74) is 1.63. The Labute approximate surface area is 146 Å². The molecular formula is C20H21NO4. The van der Waals surface area contributed by atoms with Crippen LogP contribution in [0.5, 0.6) is 5.75 Å². The molecule has 0 bridgehead atoms. The number of carbonyl (C=O) groups is 2. The molecule has 5 nitrogen and oxygen atoms in total. The van der Waals surface area contributed by atoms with E-state index in [1.54, 1.807) is 24.3 Å². The van der Waals surface area contributed by atoms with Gasteiger partial charge in [0.05, 0.1) is 5.92 Å². The highest BCUT2D eigenvalue weighted by atomic mass is 16.5. The number of ether oxygens (including phenoxy) is 1. The average molecular weight is 339 g/mol. The fraction of sp³-hybridized carbons (Fsp3) is 0.300. The van der Waals surface area contributed by atoms with E-state index in [2.05, 4.69) is 5.32 Å². The van der Waals surface area contributed by atoms with E-state index in [0.29, 0.717) is 37.2 Å². The third kappa shape index (κ3) is 4.59. The minimum atomic E-state index is -0.781. The van der Waals surface area contributed by atoms with E-state index in [0.717, 1.165) is 5.56 Å². The van der Waals surface area contributed by atoms with Gasteiger partial charge in [0.1, 0.15) is 12.4 Å². The van der Waals surface area contributed by atoms with Crippen LogP contribution in [0.15, 0.2) is 54.6 Å². The first kappa shape index (κ1) is 17.0. The molecule has 5 heteroatoms. The first-order chi connectivity index (χ1) is 12.1. The monoisotopic (exact) mass is 339 g/mol. The van der Waals surface area contributed by atoms with Crippen LogP contribution in [0.2, 0.25) is 0 Å². The third-order valence-corrected chi connectivity index (χ3v) is 4.48. The van der Waals surface area contributed by atoms with Gasteiger partial charge in [0, 0.05) is 11.6 Å². The summed E-state index contributed by atoms with van der Waals surface area (Å²) in [5, 5.41) is 11.9. The van der Waals surface area contributed by atoms with Crippen LogP contribution in [-0.2, 0) is 11.4 Å². The van der Waals surface area contributed by atoms with Crippen molar-refractivity contribution in [3.63, 3.8) is 0 Å². The predicted molar refractivity (Wildman–Crippen MR) is 93.4 cm³/mol. The average Bonchev–Trinajstić information content (AvgIpc) is 3.10. The van der Waals surface area contributed by atoms with Crippen LogP contribution in [0.25, 0.3) is 0 Å². The predicted octanol–water partition coefficient (Wildman–Crippen LogP) is 3.25. The molecule has 0 spiro atoms. The van der Waals surface area contributed by atoms with E-state index in [1.165, 1.54) is 0 Å². The number of hydrogen-bond acceptors (Lipinski definition) is 3. The van der Waals surface area contributed by atoms with Crippen molar-refractivity contribution in [3.05, 3.63) is 65.7 Å². The molecule has 2 N–H and O–H groups in total. The van der Waals surface area contributed by atoms with E-state index in [-0.39, 0.29) is 17.9 Å². The number of amides is 1. The molecule has 1 aliphatic rings. The number of carboxylic acid groups (broad SMARTS) is 1. The summed E-state index contributed by atoms with van der Waals surface area (Å²) in [4.78, 5) is 23.2. The SMILES string of the molecule is O=C(N[C@@H]1CC[C@@H](C(=O)O)C1)c1ccc(OCc2ccccc2)cc1. The molecule has 0 saturated heterocycles. The molecule has 25 heavy (non-hydrogen) atoms. The van der Waals surface area contributed by atoms with Crippen LogP contribution in [0, 0.1) is 5.92 Å². The quantitative estimate of drug-likeness (QED) is 0.847. The van der Waals surface area contributed by atoms with Crippen LogP contribution < -0.4 is 10.1 Å². The van der Waals surface area contributed by atoms with Gasteiger partial charge >= 0.3 is 5.97 Å². The molecule has 0 radical (unpaired) electrons. The van der Waals surface area contributed by atoms with Gasteiger partial charge in [-0.2, -0.15) is 0 Å².